The first-order valence-electron chi connectivity index (χ1n) is 6.83. The van der Waals surface area contributed by atoms with Gasteiger partial charge in [-0.1, -0.05) is 10.6 Å². The molecule has 0 aromatic carbocycles. The highest BCUT2D eigenvalue weighted by atomic mass is 32.1. The number of aromatic nitrogens is 5. The number of carbonyl (C=O) groups excluding carboxylic acids is 1. The average molecular weight is 350 g/mol. The predicted molar refractivity (Wildman–Crippen MR) is 87.8 cm³/mol. The molecule has 0 saturated carbocycles. The summed E-state index contributed by atoms with van der Waals surface area (Å²) in [5.74, 6) is 0.388. The van der Waals surface area contributed by atoms with E-state index < -0.39 is 0 Å². The van der Waals surface area contributed by atoms with E-state index in [9.17, 15) is 9.59 Å². The largest absolute Gasteiger partial charge is 0.349 e. The summed E-state index contributed by atoms with van der Waals surface area (Å²) >= 11 is 2.57. The zero-order valence-electron chi connectivity index (χ0n) is 12.5. The average Bonchev–Trinajstić information content (AvgIpc) is 3.24. The molecule has 8 nitrogen and oxygen atoms in total. The summed E-state index contributed by atoms with van der Waals surface area (Å²) in [7, 11) is 1.69. The summed E-state index contributed by atoms with van der Waals surface area (Å²) in [6.07, 6.45) is 0. The van der Waals surface area contributed by atoms with Gasteiger partial charge in [-0.05, 0) is 29.9 Å². The molecule has 0 aliphatic carbocycles. The van der Waals surface area contributed by atoms with Crippen LogP contribution >= 0.6 is 22.9 Å². The number of rotatable bonds is 5. The van der Waals surface area contributed by atoms with Crippen molar-refractivity contribution in [2.24, 2.45) is 7.05 Å². The molecule has 0 saturated heterocycles. The first-order valence-corrected chi connectivity index (χ1v) is 8.48. The van der Waals surface area contributed by atoms with E-state index in [2.05, 4.69) is 20.0 Å². The second-order valence-corrected chi connectivity index (χ2v) is 6.51. The van der Waals surface area contributed by atoms with Crippen LogP contribution < -0.4 is 11.0 Å². The third kappa shape index (κ3) is 3.08. The van der Waals surface area contributed by atoms with Crippen LogP contribution in [-0.4, -0.2) is 36.4 Å². The van der Waals surface area contributed by atoms with Crippen molar-refractivity contribution in [2.75, 3.05) is 6.54 Å². The minimum atomic E-state index is -0.236. The predicted octanol–water partition coefficient (Wildman–Crippen LogP) is 0.900. The van der Waals surface area contributed by atoms with Crippen LogP contribution in [0.4, 0.5) is 0 Å². The molecule has 3 heterocycles. The first kappa shape index (κ1) is 15.6. The number of thiophene rings is 1. The van der Waals surface area contributed by atoms with Crippen molar-refractivity contribution in [3.05, 3.63) is 38.6 Å². The van der Waals surface area contributed by atoms with Crippen molar-refractivity contribution in [1.29, 1.82) is 0 Å². The lowest BCUT2D eigenvalue weighted by atomic mass is 10.4. The fourth-order valence-corrected chi connectivity index (χ4v) is 3.37. The molecule has 120 valence electrons. The number of nitrogens with zero attached hydrogens (tertiary/aromatic N) is 5. The molecule has 0 atom stereocenters. The van der Waals surface area contributed by atoms with Gasteiger partial charge in [-0.2, -0.15) is 0 Å². The minimum absolute atomic E-state index is 0.210. The number of hydrogen-bond donors (Lipinski definition) is 1. The smallest absolute Gasteiger partial charge is 0.346 e. The SMILES string of the molecule is Cc1nnsc1C(=O)NCCn1nc(-c2cccs2)n(C)c1=O. The maximum atomic E-state index is 12.2. The standard InChI is InChI=1S/C13H14N6O2S2/c1-8-10(23-17-15-8)12(20)14-5-6-19-13(21)18(2)11(16-19)9-4-3-7-22-9/h3-4,7H,5-6H2,1-2H3,(H,14,20). The number of carbonyl (C=O) groups is 1. The Morgan fingerprint density at radius 3 is 2.91 bits per heavy atom. The Morgan fingerprint density at radius 2 is 2.26 bits per heavy atom. The molecular weight excluding hydrogens is 336 g/mol. The maximum absolute atomic E-state index is 12.2. The topological polar surface area (TPSA) is 94.7 Å². The van der Waals surface area contributed by atoms with Crippen LogP contribution in [0.1, 0.15) is 15.4 Å². The molecule has 0 unspecified atom stereocenters. The quantitative estimate of drug-likeness (QED) is 0.738. The van der Waals surface area contributed by atoms with E-state index in [1.165, 1.54) is 20.6 Å². The normalized spacial score (nSPS) is 10.9. The highest BCUT2D eigenvalue weighted by Gasteiger charge is 2.15. The van der Waals surface area contributed by atoms with Crippen molar-refractivity contribution in [2.45, 2.75) is 13.5 Å². The molecule has 23 heavy (non-hydrogen) atoms. The molecule has 1 N–H and O–H groups in total. The van der Waals surface area contributed by atoms with E-state index >= 15 is 0 Å². The molecule has 0 radical (unpaired) electrons. The van der Waals surface area contributed by atoms with Crippen molar-refractivity contribution < 1.29 is 4.79 Å². The fourth-order valence-electron chi connectivity index (χ4n) is 2.05. The lowest BCUT2D eigenvalue weighted by Crippen LogP contribution is -2.31. The summed E-state index contributed by atoms with van der Waals surface area (Å²) in [5, 5.41) is 12.8. The monoisotopic (exact) mass is 350 g/mol. The summed E-state index contributed by atoms with van der Waals surface area (Å²) in [4.78, 5) is 25.6. The first-order chi connectivity index (χ1) is 11.1. The van der Waals surface area contributed by atoms with Gasteiger partial charge in [-0.15, -0.1) is 21.5 Å². The van der Waals surface area contributed by atoms with Crippen LogP contribution in [0, 0.1) is 6.92 Å². The van der Waals surface area contributed by atoms with E-state index in [1.807, 2.05) is 17.5 Å². The second kappa shape index (κ2) is 6.42. The van der Waals surface area contributed by atoms with Gasteiger partial charge in [0.25, 0.3) is 5.91 Å². The molecule has 1 amide bonds. The number of amides is 1. The van der Waals surface area contributed by atoms with Crippen LogP contribution in [0.25, 0.3) is 10.7 Å². The van der Waals surface area contributed by atoms with Gasteiger partial charge in [0.15, 0.2) is 5.82 Å². The third-order valence-electron chi connectivity index (χ3n) is 3.25. The van der Waals surface area contributed by atoms with Gasteiger partial charge in [0.05, 0.1) is 17.1 Å². The zero-order chi connectivity index (χ0) is 16.4. The molecule has 3 aromatic rings. The Bertz CT molecular complexity index is 877. The van der Waals surface area contributed by atoms with E-state index in [0.717, 1.165) is 16.4 Å². The molecular formula is C13H14N6O2S2. The van der Waals surface area contributed by atoms with Gasteiger partial charge in [-0.25, -0.2) is 9.48 Å². The Labute approximate surface area is 139 Å². The van der Waals surface area contributed by atoms with E-state index in [0.29, 0.717) is 29.5 Å². The van der Waals surface area contributed by atoms with E-state index in [1.54, 1.807) is 14.0 Å². The van der Waals surface area contributed by atoms with E-state index in [4.69, 9.17) is 0 Å². The molecule has 10 heteroatoms. The van der Waals surface area contributed by atoms with Gasteiger partial charge in [0.1, 0.15) is 4.88 Å². The summed E-state index contributed by atoms with van der Waals surface area (Å²) in [6, 6.07) is 3.83. The molecule has 0 spiro atoms. The van der Waals surface area contributed by atoms with Crippen LogP contribution in [0.5, 0.6) is 0 Å². The highest BCUT2D eigenvalue weighted by molar-refractivity contribution is 7.13. The Hall–Kier alpha value is -2.33. The van der Waals surface area contributed by atoms with Crippen LogP contribution in [-0.2, 0) is 13.6 Å². The number of aryl methyl sites for hydroxylation is 1. The molecule has 0 aliphatic heterocycles. The maximum Gasteiger partial charge on any atom is 0.346 e. The van der Waals surface area contributed by atoms with Crippen LogP contribution in [0.15, 0.2) is 22.3 Å². The van der Waals surface area contributed by atoms with Gasteiger partial charge >= 0.3 is 5.69 Å². The van der Waals surface area contributed by atoms with E-state index in [-0.39, 0.29) is 11.6 Å². The summed E-state index contributed by atoms with van der Waals surface area (Å²) in [5.41, 5.74) is 0.390. The molecule has 0 bridgehead atoms. The van der Waals surface area contributed by atoms with Gasteiger partial charge in [0.2, 0.25) is 0 Å². The Morgan fingerprint density at radius 1 is 1.43 bits per heavy atom. The molecule has 0 fully saturated rings. The lowest BCUT2D eigenvalue weighted by molar-refractivity contribution is 0.0955. The Kier molecular flexibility index (Phi) is 4.35. The highest BCUT2D eigenvalue weighted by Crippen LogP contribution is 2.20. The third-order valence-corrected chi connectivity index (χ3v) is 4.94. The minimum Gasteiger partial charge on any atom is -0.349 e. The van der Waals surface area contributed by atoms with Gasteiger partial charge < -0.3 is 5.32 Å². The van der Waals surface area contributed by atoms with Crippen molar-refractivity contribution in [1.82, 2.24) is 29.3 Å². The van der Waals surface area contributed by atoms with Crippen LogP contribution in [0.3, 0.4) is 0 Å². The lowest BCUT2D eigenvalue weighted by Gasteiger charge is -2.02. The number of hydrogen-bond acceptors (Lipinski definition) is 7. The van der Waals surface area contributed by atoms with Crippen molar-refractivity contribution in [3.63, 3.8) is 0 Å². The van der Waals surface area contributed by atoms with Gasteiger partial charge in [0, 0.05) is 13.6 Å². The molecule has 3 rings (SSSR count). The van der Waals surface area contributed by atoms with Gasteiger partial charge in [-0.3, -0.25) is 9.36 Å². The summed E-state index contributed by atoms with van der Waals surface area (Å²) < 4.78 is 6.59. The summed E-state index contributed by atoms with van der Waals surface area (Å²) in [6.45, 7) is 2.33. The fraction of sp³-hybridized carbons (Fsp3) is 0.308. The zero-order valence-corrected chi connectivity index (χ0v) is 14.1. The van der Waals surface area contributed by atoms with Crippen molar-refractivity contribution >= 4 is 28.8 Å². The van der Waals surface area contributed by atoms with Crippen molar-refractivity contribution in [3.8, 4) is 10.7 Å². The second-order valence-electron chi connectivity index (χ2n) is 4.81. The molecule has 3 aromatic heterocycles. The number of nitrogens with one attached hydrogen (secondary N) is 1. The Balaban J connectivity index is 1.67. The van der Waals surface area contributed by atoms with Crippen LogP contribution in [0.2, 0.25) is 0 Å². The molecule has 0 aliphatic rings.